The Kier molecular flexibility index (Phi) is 2.59. The third-order valence-corrected chi connectivity index (χ3v) is 4.26. The van der Waals surface area contributed by atoms with Crippen molar-refractivity contribution in [1.82, 2.24) is 0 Å². The van der Waals surface area contributed by atoms with Crippen LogP contribution in [0, 0.1) is 5.41 Å². The molecule has 0 saturated heterocycles. The first kappa shape index (κ1) is 12.1. The lowest BCUT2D eigenvalue weighted by molar-refractivity contribution is -0.140. The second-order valence-corrected chi connectivity index (χ2v) is 5.25. The van der Waals surface area contributed by atoms with Crippen LogP contribution >= 0.6 is 0 Å². The average molecular weight is 263 g/mol. The Bertz CT molecular complexity index is 536. The van der Waals surface area contributed by atoms with Crippen molar-refractivity contribution < 1.29 is 19.4 Å². The zero-order valence-electron chi connectivity index (χ0n) is 11.0. The molecule has 1 unspecified atom stereocenters. The summed E-state index contributed by atoms with van der Waals surface area (Å²) < 4.78 is 10.7. The molecule has 1 aromatic rings. The standard InChI is InChI=1S/C14H17NO4/c1-18-8-3-4-9(19-2)12-10(8)11(13(16)17)14(5-6-14)7-15-12/h3-4,11,15H,5-7H2,1-2H3,(H,16,17). The first-order valence-corrected chi connectivity index (χ1v) is 6.34. The quantitative estimate of drug-likeness (QED) is 0.874. The number of ether oxygens (including phenoxy) is 2. The van der Waals surface area contributed by atoms with E-state index in [2.05, 4.69) is 5.32 Å². The summed E-state index contributed by atoms with van der Waals surface area (Å²) in [5, 5.41) is 12.9. The highest BCUT2D eigenvalue weighted by Gasteiger charge is 2.57. The molecule has 0 aromatic heterocycles. The molecule has 1 aromatic carbocycles. The third-order valence-electron chi connectivity index (χ3n) is 4.26. The van der Waals surface area contributed by atoms with E-state index in [-0.39, 0.29) is 5.41 Å². The van der Waals surface area contributed by atoms with Gasteiger partial charge in [0.05, 0.1) is 25.8 Å². The predicted octanol–water partition coefficient (Wildman–Crippen LogP) is 2.08. The number of anilines is 1. The van der Waals surface area contributed by atoms with E-state index >= 15 is 0 Å². The Hall–Kier alpha value is -1.91. The molecule has 2 aliphatic rings. The molecule has 3 rings (SSSR count). The van der Waals surface area contributed by atoms with E-state index in [1.165, 1.54) is 0 Å². The Morgan fingerprint density at radius 2 is 1.95 bits per heavy atom. The summed E-state index contributed by atoms with van der Waals surface area (Å²) in [5.74, 6) is -0.0279. The van der Waals surface area contributed by atoms with Crippen LogP contribution in [-0.2, 0) is 4.79 Å². The summed E-state index contributed by atoms with van der Waals surface area (Å²) >= 11 is 0. The summed E-state index contributed by atoms with van der Waals surface area (Å²) in [6.07, 6.45) is 1.88. The van der Waals surface area contributed by atoms with E-state index in [0.717, 1.165) is 24.1 Å². The normalized spacial score (nSPS) is 22.3. The highest BCUT2D eigenvalue weighted by atomic mass is 16.5. The van der Waals surface area contributed by atoms with Crippen molar-refractivity contribution in [3.63, 3.8) is 0 Å². The first-order chi connectivity index (χ1) is 9.13. The van der Waals surface area contributed by atoms with Gasteiger partial charge in [0.1, 0.15) is 11.5 Å². The highest BCUT2D eigenvalue weighted by Crippen LogP contribution is 2.62. The topological polar surface area (TPSA) is 67.8 Å². The highest BCUT2D eigenvalue weighted by molar-refractivity contribution is 5.86. The number of carbonyl (C=O) groups is 1. The predicted molar refractivity (Wildman–Crippen MR) is 70.1 cm³/mol. The fourth-order valence-corrected chi connectivity index (χ4v) is 3.08. The molecule has 5 nitrogen and oxygen atoms in total. The van der Waals surface area contributed by atoms with Gasteiger partial charge >= 0.3 is 5.97 Å². The van der Waals surface area contributed by atoms with E-state index in [1.54, 1.807) is 26.4 Å². The summed E-state index contributed by atoms with van der Waals surface area (Å²) in [4.78, 5) is 11.7. The molecule has 0 radical (unpaired) electrons. The molecule has 1 atom stereocenters. The van der Waals surface area contributed by atoms with Crippen LogP contribution in [0.3, 0.4) is 0 Å². The van der Waals surface area contributed by atoms with E-state index in [4.69, 9.17) is 9.47 Å². The van der Waals surface area contributed by atoms with Crippen LogP contribution in [0.25, 0.3) is 0 Å². The molecule has 1 spiro atoms. The lowest BCUT2D eigenvalue weighted by Crippen LogP contribution is -2.34. The van der Waals surface area contributed by atoms with Gasteiger partial charge in [-0.15, -0.1) is 0 Å². The number of rotatable bonds is 3. The molecule has 1 heterocycles. The minimum absolute atomic E-state index is 0.154. The zero-order chi connectivity index (χ0) is 13.6. The van der Waals surface area contributed by atoms with Crippen LogP contribution in [0.5, 0.6) is 11.5 Å². The number of methoxy groups -OCH3 is 2. The average Bonchev–Trinajstić information content (AvgIpc) is 3.16. The number of fused-ring (bicyclic) bond motifs is 1. The SMILES string of the molecule is COc1ccc(OC)c2c1NCC1(CC1)C2C(=O)O. The van der Waals surface area contributed by atoms with Crippen LogP contribution < -0.4 is 14.8 Å². The van der Waals surface area contributed by atoms with E-state index in [1.807, 2.05) is 0 Å². The van der Waals surface area contributed by atoms with Gasteiger partial charge in [0, 0.05) is 17.5 Å². The molecule has 0 amide bonds. The third kappa shape index (κ3) is 1.64. The molecule has 1 fully saturated rings. The number of aliphatic carboxylic acids is 1. The van der Waals surface area contributed by atoms with Crippen molar-refractivity contribution in [2.45, 2.75) is 18.8 Å². The number of carboxylic acid groups (broad SMARTS) is 1. The first-order valence-electron chi connectivity index (χ1n) is 6.34. The maximum absolute atomic E-state index is 11.7. The summed E-state index contributed by atoms with van der Waals surface area (Å²) in [5.41, 5.74) is 1.32. The summed E-state index contributed by atoms with van der Waals surface area (Å²) in [6.45, 7) is 0.681. The van der Waals surface area contributed by atoms with Crippen molar-refractivity contribution in [2.24, 2.45) is 5.41 Å². The van der Waals surface area contributed by atoms with Gasteiger partial charge in [0.15, 0.2) is 0 Å². The Morgan fingerprint density at radius 1 is 1.32 bits per heavy atom. The van der Waals surface area contributed by atoms with Gasteiger partial charge in [0.2, 0.25) is 0 Å². The van der Waals surface area contributed by atoms with Crippen LogP contribution in [0.2, 0.25) is 0 Å². The molecule has 19 heavy (non-hydrogen) atoms. The van der Waals surface area contributed by atoms with Crippen molar-refractivity contribution >= 4 is 11.7 Å². The molecule has 1 saturated carbocycles. The van der Waals surface area contributed by atoms with Crippen LogP contribution in [0.4, 0.5) is 5.69 Å². The van der Waals surface area contributed by atoms with Crippen molar-refractivity contribution in [2.75, 3.05) is 26.1 Å². The summed E-state index contributed by atoms with van der Waals surface area (Å²) in [7, 11) is 3.15. The Labute approximate surface area is 111 Å². The minimum atomic E-state index is -0.785. The number of nitrogens with one attached hydrogen (secondary N) is 1. The molecular weight excluding hydrogens is 246 g/mol. The maximum atomic E-state index is 11.7. The monoisotopic (exact) mass is 263 g/mol. The van der Waals surface area contributed by atoms with Crippen molar-refractivity contribution in [1.29, 1.82) is 0 Å². The van der Waals surface area contributed by atoms with Crippen LogP contribution in [-0.4, -0.2) is 31.8 Å². The van der Waals surface area contributed by atoms with Gasteiger partial charge in [0.25, 0.3) is 0 Å². The fraction of sp³-hybridized carbons (Fsp3) is 0.500. The summed E-state index contributed by atoms with van der Waals surface area (Å²) in [6, 6.07) is 3.57. The zero-order valence-corrected chi connectivity index (χ0v) is 11.0. The lowest BCUT2D eigenvalue weighted by Gasteiger charge is -2.34. The minimum Gasteiger partial charge on any atom is -0.496 e. The van der Waals surface area contributed by atoms with Crippen molar-refractivity contribution in [3.8, 4) is 11.5 Å². The second kappa shape index (κ2) is 4.05. The molecule has 1 aliphatic heterocycles. The number of hydrogen-bond acceptors (Lipinski definition) is 4. The molecule has 1 aliphatic carbocycles. The van der Waals surface area contributed by atoms with Gasteiger partial charge < -0.3 is 19.9 Å². The number of carboxylic acids is 1. The van der Waals surface area contributed by atoms with Gasteiger partial charge in [-0.2, -0.15) is 0 Å². The van der Waals surface area contributed by atoms with Gasteiger partial charge in [-0.3, -0.25) is 4.79 Å². The van der Waals surface area contributed by atoms with Crippen LogP contribution in [0.15, 0.2) is 12.1 Å². The maximum Gasteiger partial charge on any atom is 0.311 e. The molecule has 0 bridgehead atoms. The lowest BCUT2D eigenvalue weighted by atomic mass is 9.78. The van der Waals surface area contributed by atoms with E-state index in [9.17, 15) is 9.90 Å². The molecular formula is C14H17NO4. The van der Waals surface area contributed by atoms with Crippen molar-refractivity contribution in [3.05, 3.63) is 17.7 Å². The van der Waals surface area contributed by atoms with E-state index < -0.39 is 11.9 Å². The van der Waals surface area contributed by atoms with Gasteiger partial charge in [-0.1, -0.05) is 0 Å². The molecule has 102 valence electrons. The fourth-order valence-electron chi connectivity index (χ4n) is 3.08. The Morgan fingerprint density at radius 3 is 2.47 bits per heavy atom. The van der Waals surface area contributed by atoms with Crippen LogP contribution in [0.1, 0.15) is 24.3 Å². The number of benzene rings is 1. The smallest absolute Gasteiger partial charge is 0.311 e. The Balaban J connectivity index is 2.20. The number of hydrogen-bond donors (Lipinski definition) is 2. The molecule has 5 heteroatoms. The van der Waals surface area contributed by atoms with E-state index in [0.29, 0.717) is 18.0 Å². The second-order valence-electron chi connectivity index (χ2n) is 5.25. The molecule has 2 N–H and O–H groups in total. The van der Waals surface area contributed by atoms with Gasteiger partial charge in [-0.25, -0.2) is 0 Å². The largest absolute Gasteiger partial charge is 0.496 e. The van der Waals surface area contributed by atoms with Gasteiger partial charge in [-0.05, 0) is 25.0 Å².